The van der Waals surface area contributed by atoms with Crippen molar-refractivity contribution < 1.29 is 4.74 Å². The van der Waals surface area contributed by atoms with Crippen molar-refractivity contribution in [2.75, 3.05) is 33.4 Å². The molecule has 4 heteroatoms. The number of nitrogens with one attached hydrogen (secondary N) is 2. The molecule has 0 heterocycles. The molecule has 0 unspecified atom stereocenters. The van der Waals surface area contributed by atoms with Gasteiger partial charge >= 0.3 is 0 Å². The Hall–Kier alpha value is -1.03. The van der Waals surface area contributed by atoms with Gasteiger partial charge in [-0.1, -0.05) is 11.6 Å². The van der Waals surface area contributed by atoms with Crippen LogP contribution in [-0.2, 0) is 4.74 Å². The molecule has 1 rings (SSSR count). The third-order valence-corrected chi connectivity index (χ3v) is 3.03. The van der Waals surface area contributed by atoms with Crippen LogP contribution in [-0.4, -0.2) is 39.3 Å². The van der Waals surface area contributed by atoms with Crippen molar-refractivity contribution >= 4 is 5.96 Å². The van der Waals surface area contributed by atoms with E-state index in [4.69, 9.17) is 4.74 Å². The average Bonchev–Trinajstić information content (AvgIpc) is 2.40. The standard InChI is InChI=1S/C14H27N3O/c1-3-15-14(17-11-12-18-2)16-10-9-13-7-5-4-6-8-13/h7H,3-6,8-12H2,1-2H3,(H2,15,16,17). The van der Waals surface area contributed by atoms with Crippen LogP contribution in [0.2, 0.25) is 0 Å². The molecule has 0 saturated heterocycles. The first-order valence-electron chi connectivity index (χ1n) is 7.06. The lowest BCUT2D eigenvalue weighted by Gasteiger charge is -2.15. The molecule has 0 radical (unpaired) electrons. The maximum atomic E-state index is 5.00. The third kappa shape index (κ3) is 6.64. The molecule has 1 aliphatic carbocycles. The molecular formula is C14H27N3O. The monoisotopic (exact) mass is 253 g/mol. The van der Waals surface area contributed by atoms with Crippen LogP contribution in [0.15, 0.2) is 16.6 Å². The van der Waals surface area contributed by atoms with E-state index >= 15 is 0 Å². The van der Waals surface area contributed by atoms with E-state index in [-0.39, 0.29) is 0 Å². The Bertz CT molecular complexity index is 274. The van der Waals surface area contributed by atoms with E-state index in [1.165, 1.54) is 25.7 Å². The predicted molar refractivity (Wildman–Crippen MR) is 77.0 cm³/mol. The molecule has 104 valence electrons. The molecule has 0 saturated carbocycles. The van der Waals surface area contributed by atoms with Gasteiger partial charge in [0.15, 0.2) is 5.96 Å². The molecule has 0 aromatic heterocycles. The summed E-state index contributed by atoms with van der Waals surface area (Å²) in [4.78, 5) is 4.44. The van der Waals surface area contributed by atoms with Crippen LogP contribution in [0.25, 0.3) is 0 Å². The second-order valence-corrected chi connectivity index (χ2v) is 4.54. The molecule has 0 aliphatic heterocycles. The van der Waals surface area contributed by atoms with Gasteiger partial charge in [0.1, 0.15) is 0 Å². The van der Waals surface area contributed by atoms with E-state index in [2.05, 4.69) is 28.6 Å². The minimum absolute atomic E-state index is 0.668. The average molecular weight is 253 g/mol. The maximum absolute atomic E-state index is 5.00. The molecule has 0 aromatic carbocycles. The van der Waals surface area contributed by atoms with Crippen molar-refractivity contribution in [2.24, 2.45) is 4.99 Å². The minimum atomic E-state index is 0.668. The minimum Gasteiger partial charge on any atom is -0.383 e. The summed E-state index contributed by atoms with van der Waals surface area (Å²) in [5, 5.41) is 6.61. The van der Waals surface area contributed by atoms with Crippen molar-refractivity contribution in [2.45, 2.75) is 39.0 Å². The lowest BCUT2D eigenvalue weighted by molar-refractivity contribution is 0.208. The van der Waals surface area contributed by atoms with Crippen molar-refractivity contribution in [3.05, 3.63) is 11.6 Å². The van der Waals surface area contributed by atoms with Gasteiger partial charge in [-0.25, -0.2) is 0 Å². The molecular weight excluding hydrogens is 226 g/mol. The molecule has 0 bridgehead atoms. The van der Waals surface area contributed by atoms with Gasteiger partial charge in [0, 0.05) is 20.2 Å². The number of aliphatic imine (C=N–C) groups is 1. The van der Waals surface area contributed by atoms with Crippen LogP contribution >= 0.6 is 0 Å². The highest BCUT2D eigenvalue weighted by atomic mass is 16.5. The summed E-state index contributed by atoms with van der Waals surface area (Å²) in [5.41, 5.74) is 1.60. The number of guanidine groups is 1. The number of rotatable bonds is 7. The molecule has 0 amide bonds. The molecule has 4 nitrogen and oxygen atoms in total. The predicted octanol–water partition coefficient (Wildman–Crippen LogP) is 2.08. The van der Waals surface area contributed by atoms with Crippen LogP contribution in [0.4, 0.5) is 0 Å². The van der Waals surface area contributed by atoms with Crippen LogP contribution in [0.5, 0.6) is 0 Å². The summed E-state index contributed by atoms with van der Waals surface area (Å²) < 4.78 is 5.00. The number of nitrogens with zero attached hydrogens (tertiary/aromatic N) is 1. The van der Waals surface area contributed by atoms with E-state index in [0.29, 0.717) is 13.2 Å². The van der Waals surface area contributed by atoms with Crippen LogP contribution in [0.1, 0.15) is 39.0 Å². The van der Waals surface area contributed by atoms with Crippen LogP contribution in [0, 0.1) is 0 Å². The summed E-state index contributed by atoms with van der Waals surface area (Å²) in [6, 6.07) is 0. The Morgan fingerprint density at radius 3 is 2.94 bits per heavy atom. The number of ether oxygens (including phenoxy) is 1. The summed E-state index contributed by atoms with van der Waals surface area (Å²) in [6.07, 6.45) is 8.79. The fourth-order valence-corrected chi connectivity index (χ4v) is 2.06. The van der Waals surface area contributed by atoms with Crippen molar-refractivity contribution in [1.29, 1.82) is 0 Å². The first kappa shape index (κ1) is 15.0. The smallest absolute Gasteiger partial charge is 0.191 e. The molecule has 18 heavy (non-hydrogen) atoms. The highest BCUT2D eigenvalue weighted by Crippen LogP contribution is 2.19. The fraction of sp³-hybridized carbons (Fsp3) is 0.786. The van der Waals surface area contributed by atoms with Crippen LogP contribution < -0.4 is 10.6 Å². The summed E-state index contributed by atoms with van der Waals surface area (Å²) in [7, 11) is 1.70. The van der Waals surface area contributed by atoms with E-state index < -0.39 is 0 Å². The first-order chi connectivity index (χ1) is 8.86. The number of allylic oxidation sites excluding steroid dienone is 1. The topological polar surface area (TPSA) is 45.7 Å². The zero-order valence-corrected chi connectivity index (χ0v) is 11.8. The van der Waals surface area contributed by atoms with E-state index in [0.717, 1.165) is 25.5 Å². The Labute approximate surface area is 111 Å². The molecule has 0 spiro atoms. The van der Waals surface area contributed by atoms with E-state index in [1.54, 1.807) is 12.7 Å². The zero-order valence-electron chi connectivity index (χ0n) is 11.8. The van der Waals surface area contributed by atoms with Crippen molar-refractivity contribution in [3.63, 3.8) is 0 Å². The zero-order chi connectivity index (χ0) is 13.1. The lowest BCUT2D eigenvalue weighted by Crippen LogP contribution is -2.38. The van der Waals surface area contributed by atoms with Gasteiger partial charge in [-0.05, 0) is 39.0 Å². The highest BCUT2D eigenvalue weighted by molar-refractivity contribution is 5.79. The summed E-state index contributed by atoms with van der Waals surface area (Å²) >= 11 is 0. The lowest BCUT2D eigenvalue weighted by atomic mass is 9.97. The van der Waals surface area contributed by atoms with E-state index in [9.17, 15) is 0 Å². The van der Waals surface area contributed by atoms with Gasteiger partial charge < -0.3 is 15.4 Å². The maximum Gasteiger partial charge on any atom is 0.191 e. The number of hydrogen-bond acceptors (Lipinski definition) is 2. The fourth-order valence-electron chi connectivity index (χ4n) is 2.06. The molecule has 2 N–H and O–H groups in total. The summed E-state index contributed by atoms with van der Waals surface area (Å²) in [5.74, 6) is 0.894. The Kier molecular flexibility index (Phi) is 8.30. The molecule has 0 aromatic rings. The largest absolute Gasteiger partial charge is 0.383 e. The van der Waals surface area contributed by atoms with Gasteiger partial charge in [0.05, 0.1) is 13.2 Å². The third-order valence-electron chi connectivity index (χ3n) is 3.03. The van der Waals surface area contributed by atoms with Gasteiger partial charge in [-0.3, -0.25) is 4.99 Å². The Morgan fingerprint density at radius 2 is 2.28 bits per heavy atom. The van der Waals surface area contributed by atoms with Crippen molar-refractivity contribution in [3.8, 4) is 0 Å². The molecule has 1 aliphatic rings. The number of methoxy groups -OCH3 is 1. The van der Waals surface area contributed by atoms with E-state index in [1.807, 2.05) is 0 Å². The van der Waals surface area contributed by atoms with Gasteiger partial charge in [0.2, 0.25) is 0 Å². The Balaban J connectivity index is 2.23. The van der Waals surface area contributed by atoms with Gasteiger partial charge in [0.25, 0.3) is 0 Å². The normalized spacial score (nSPS) is 16.3. The number of hydrogen-bond donors (Lipinski definition) is 2. The quantitative estimate of drug-likeness (QED) is 0.316. The van der Waals surface area contributed by atoms with Gasteiger partial charge in [-0.2, -0.15) is 0 Å². The molecule has 0 fully saturated rings. The first-order valence-corrected chi connectivity index (χ1v) is 7.06. The van der Waals surface area contributed by atoms with Gasteiger partial charge in [-0.15, -0.1) is 0 Å². The second-order valence-electron chi connectivity index (χ2n) is 4.54. The summed E-state index contributed by atoms with van der Waals surface area (Å²) in [6.45, 7) is 5.31. The van der Waals surface area contributed by atoms with Crippen molar-refractivity contribution in [1.82, 2.24) is 10.6 Å². The SMILES string of the molecule is CCNC(=NCCOC)NCCC1=CCCCC1. The Morgan fingerprint density at radius 1 is 1.39 bits per heavy atom. The second kappa shape index (κ2) is 9.95. The molecule has 0 atom stereocenters. The van der Waals surface area contributed by atoms with Crippen LogP contribution in [0.3, 0.4) is 0 Å². The highest BCUT2D eigenvalue weighted by Gasteiger charge is 2.03.